The summed E-state index contributed by atoms with van der Waals surface area (Å²) in [4.78, 5) is 0. The van der Waals surface area contributed by atoms with Crippen molar-refractivity contribution in [3.05, 3.63) is 11.6 Å². The van der Waals surface area contributed by atoms with E-state index < -0.39 is 0 Å². The van der Waals surface area contributed by atoms with Crippen LogP contribution in [0.5, 0.6) is 0 Å². The summed E-state index contributed by atoms with van der Waals surface area (Å²) >= 11 is 0. The Morgan fingerprint density at radius 2 is 2.00 bits per heavy atom. The van der Waals surface area contributed by atoms with E-state index >= 15 is 0 Å². The molecule has 1 nitrogen and oxygen atoms in total. The highest BCUT2D eigenvalue weighted by molar-refractivity contribution is 5.00. The van der Waals surface area contributed by atoms with Crippen LogP contribution in [0.15, 0.2) is 11.6 Å². The van der Waals surface area contributed by atoms with E-state index in [1.54, 1.807) is 5.57 Å². The first-order valence-electron chi connectivity index (χ1n) is 6.57. The Bertz CT molecular complexity index is 188. The van der Waals surface area contributed by atoms with E-state index in [2.05, 4.69) is 32.2 Å². The minimum absolute atomic E-state index is 0.619. The molecule has 88 valence electrons. The summed E-state index contributed by atoms with van der Waals surface area (Å²) in [7, 11) is 0. The van der Waals surface area contributed by atoms with Crippen molar-refractivity contribution in [2.24, 2.45) is 5.92 Å². The van der Waals surface area contributed by atoms with Gasteiger partial charge in [-0.15, -0.1) is 0 Å². The number of hydrogen-bond donors (Lipinski definition) is 1. The fourth-order valence-electron chi connectivity index (χ4n) is 2.44. The summed E-state index contributed by atoms with van der Waals surface area (Å²) in [5.74, 6) is 0.999. The van der Waals surface area contributed by atoms with E-state index in [0.29, 0.717) is 6.04 Å². The molecule has 1 heteroatoms. The highest BCUT2D eigenvalue weighted by Crippen LogP contribution is 2.29. The van der Waals surface area contributed by atoms with Gasteiger partial charge in [0.15, 0.2) is 0 Å². The van der Waals surface area contributed by atoms with Gasteiger partial charge in [-0.1, -0.05) is 51.2 Å². The van der Waals surface area contributed by atoms with Crippen molar-refractivity contribution in [1.29, 1.82) is 0 Å². The Labute approximate surface area is 95.3 Å². The molecule has 0 unspecified atom stereocenters. The lowest BCUT2D eigenvalue weighted by atomic mass is 9.98. The van der Waals surface area contributed by atoms with Crippen LogP contribution in [0.1, 0.15) is 59.3 Å². The second kappa shape index (κ2) is 7.05. The van der Waals surface area contributed by atoms with Crippen LogP contribution in [0, 0.1) is 5.92 Å². The van der Waals surface area contributed by atoms with E-state index in [-0.39, 0.29) is 0 Å². The quantitative estimate of drug-likeness (QED) is 0.517. The van der Waals surface area contributed by atoms with Gasteiger partial charge in [-0.2, -0.15) is 0 Å². The molecule has 0 atom stereocenters. The van der Waals surface area contributed by atoms with Gasteiger partial charge in [-0.3, -0.25) is 0 Å². The molecule has 0 aromatic heterocycles. The monoisotopic (exact) mass is 209 g/mol. The first-order valence-corrected chi connectivity index (χ1v) is 6.57. The molecule has 0 aliphatic heterocycles. The second-order valence-corrected chi connectivity index (χ2v) is 5.30. The van der Waals surface area contributed by atoms with Gasteiger partial charge >= 0.3 is 0 Å². The lowest BCUT2D eigenvalue weighted by Crippen LogP contribution is -2.23. The van der Waals surface area contributed by atoms with Crippen LogP contribution in [0.25, 0.3) is 0 Å². The van der Waals surface area contributed by atoms with E-state index in [0.717, 1.165) is 12.5 Å². The Balaban J connectivity index is 2.09. The number of nitrogens with one attached hydrogen (secondary N) is 1. The zero-order valence-corrected chi connectivity index (χ0v) is 10.7. The van der Waals surface area contributed by atoms with Gasteiger partial charge in [0.2, 0.25) is 0 Å². The normalized spacial score (nSPS) is 19.1. The smallest absolute Gasteiger partial charge is 0.00105 e. The zero-order chi connectivity index (χ0) is 11.1. The molecule has 1 N–H and O–H groups in total. The fraction of sp³-hybridized carbons (Fsp3) is 0.857. The van der Waals surface area contributed by atoms with Crippen LogP contribution >= 0.6 is 0 Å². The molecule has 1 aliphatic carbocycles. The Morgan fingerprint density at radius 3 is 2.60 bits per heavy atom. The maximum Gasteiger partial charge on any atom is 0.00105 e. The SMILES string of the molecule is CC(=CCCNC(C)C)CC1CCCC1. The lowest BCUT2D eigenvalue weighted by Gasteiger charge is -2.09. The van der Waals surface area contributed by atoms with Crippen LogP contribution in [0.2, 0.25) is 0 Å². The molecule has 1 rings (SSSR count). The third-order valence-electron chi connectivity index (χ3n) is 3.28. The van der Waals surface area contributed by atoms with Gasteiger partial charge in [0.05, 0.1) is 0 Å². The molecule has 1 aliphatic rings. The minimum Gasteiger partial charge on any atom is -0.314 e. The first-order chi connectivity index (χ1) is 7.18. The third-order valence-corrected chi connectivity index (χ3v) is 3.28. The van der Waals surface area contributed by atoms with Crippen LogP contribution in [-0.2, 0) is 0 Å². The highest BCUT2D eigenvalue weighted by Gasteiger charge is 2.14. The minimum atomic E-state index is 0.619. The van der Waals surface area contributed by atoms with Crippen molar-refractivity contribution < 1.29 is 0 Å². The van der Waals surface area contributed by atoms with E-state index in [4.69, 9.17) is 0 Å². The van der Waals surface area contributed by atoms with Gasteiger partial charge in [0.1, 0.15) is 0 Å². The number of allylic oxidation sites excluding steroid dienone is 1. The molecular formula is C14H27N. The van der Waals surface area contributed by atoms with E-state index in [9.17, 15) is 0 Å². The summed E-state index contributed by atoms with van der Waals surface area (Å²) in [5, 5.41) is 3.45. The molecule has 0 aromatic rings. The Hall–Kier alpha value is -0.300. The molecule has 1 saturated carbocycles. The van der Waals surface area contributed by atoms with Gasteiger partial charge in [-0.25, -0.2) is 0 Å². The number of rotatable bonds is 6. The molecule has 0 saturated heterocycles. The largest absolute Gasteiger partial charge is 0.314 e. The summed E-state index contributed by atoms with van der Waals surface area (Å²) in [6.07, 6.45) is 10.8. The molecular weight excluding hydrogens is 182 g/mol. The molecule has 0 spiro atoms. The molecule has 0 bridgehead atoms. The van der Waals surface area contributed by atoms with Crippen LogP contribution in [0.4, 0.5) is 0 Å². The molecule has 1 fully saturated rings. The predicted octanol–water partition coefficient (Wildman–Crippen LogP) is 3.90. The summed E-state index contributed by atoms with van der Waals surface area (Å²) in [5.41, 5.74) is 1.60. The Kier molecular flexibility index (Phi) is 6.00. The standard InChI is InChI=1S/C14H27N/c1-12(2)15-10-6-7-13(3)11-14-8-4-5-9-14/h7,12,14-15H,4-6,8-11H2,1-3H3. The zero-order valence-electron chi connectivity index (χ0n) is 10.7. The summed E-state index contributed by atoms with van der Waals surface area (Å²) < 4.78 is 0. The van der Waals surface area contributed by atoms with Crippen molar-refractivity contribution in [3.8, 4) is 0 Å². The summed E-state index contributed by atoms with van der Waals surface area (Å²) in [6, 6.07) is 0.619. The third kappa shape index (κ3) is 5.99. The van der Waals surface area contributed by atoms with Crippen molar-refractivity contribution in [2.75, 3.05) is 6.54 Å². The molecule has 15 heavy (non-hydrogen) atoms. The average Bonchev–Trinajstić information content (AvgIpc) is 2.64. The van der Waals surface area contributed by atoms with Crippen molar-refractivity contribution in [1.82, 2.24) is 5.32 Å². The van der Waals surface area contributed by atoms with E-state index in [1.807, 2.05) is 0 Å². The van der Waals surface area contributed by atoms with Gasteiger partial charge < -0.3 is 5.32 Å². The average molecular weight is 209 g/mol. The molecule has 0 amide bonds. The van der Waals surface area contributed by atoms with Crippen LogP contribution in [0.3, 0.4) is 0 Å². The predicted molar refractivity (Wildman–Crippen MR) is 68.1 cm³/mol. The highest BCUT2D eigenvalue weighted by atomic mass is 14.9. The van der Waals surface area contributed by atoms with Gasteiger partial charge in [0, 0.05) is 6.04 Å². The second-order valence-electron chi connectivity index (χ2n) is 5.30. The van der Waals surface area contributed by atoms with Crippen LogP contribution in [-0.4, -0.2) is 12.6 Å². The molecule has 0 heterocycles. The van der Waals surface area contributed by atoms with E-state index in [1.165, 1.54) is 38.5 Å². The van der Waals surface area contributed by atoms with Gasteiger partial charge in [-0.05, 0) is 32.2 Å². The maximum absolute atomic E-state index is 3.45. The molecule has 0 radical (unpaired) electrons. The number of hydrogen-bond acceptors (Lipinski definition) is 1. The van der Waals surface area contributed by atoms with Crippen molar-refractivity contribution in [3.63, 3.8) is 0 Å². The van der Waals surface area contributed by atoms with Crippen LogP contribution < -0.4 is 5.32 Å². The maximum atomic E-state index is 3.45. The van der Waals surface area contributed by atoms with Crippen molar-refractivity contribution in [2.45, 2.75) is 65.3 Å². The summed E-state index contributed by atoms with van der Waals surface area (Å²) in [6.45, 7) is 7.83. The lowest BCUT2D eigenvalue weighted by molar-refractivity contribution is 0.541. The Morgan fingerprint density at radius 1 is 1.33 bits per heavy atom. The van der Waals surface area contributed by atoms with Gasteiger partial charge in [0.25, 0.3) is 0 Å². The molecule has 0 aromatic carbocycles. The first kappa shape index (κ1) is 12.8. The van der Waals surface area contributed by atoms with Crippen molar-refractivity contribution >= 4 is 0 Å². The topological polar surface area (TPSA) is 12.0 Å². The fourth-order valence-corrected chi connectivity index (χ4v) is 2.44.